The molecule has 7 heteroatoms. The number of aliphatic hydroxyl groups is 1. The van der Waals surface area contributed by atoms with Gasteiger partial charge in [0, 0.05) is 5.75 Å². The fourth-order valence-electron chi connectivity index (χ4n) is 2.41. The van der Waals surface area contributed by atoms with Crippen LogP contribution >= 0.6 is 11.8 Å². The lowest BCUT2D eigenvalue weighted by atomic mass is 10.0. The van der Waals surface area contributed by atoms with Gasteiger partial charge in [-0.3, -0.25) is 0 Å². The summed E-state index contributed by atoms with van der Waals surface area (Å²) < 4.78 is 9.94. The first-order valence-corrected chi connectivity index (χ1v) is 7.99. The number of hydrogen-bond acceptors (Lipinski definition) is 7. The second-order valence-electron chi connectivity index (χ2n) is 4.94. The van der Waals surface area contributed by atoms with Crippen LogP contribution in [0.3, 0.4) is 0 Å². The number of rotatable bonds is 7. The summed E-state index contributed by atoms with van der Waals surface area (Å²) in [6.45, 7) is 1.98. The predicted octanol–water partition coefficient (Wildman–Crippen LogP) is 2.28. The van der Waals surface area contributed by atoms with Crippen molar-refractivity contribution in [3.63, 3.8) is 0 Å². The number of thioether (sulfide) groups is 1. The molecule has 0 spiro atoms. The number of carbonyl (C=O) groups is 1. The highest BCUT2D eigenvalue weighted by Gasteiger charge is 2.20. The average molecular weight is 300 g/mol. The molecule has 1 N–H and O–H groups in total. The van der Waals surface area contributed by atoms with Crippen molar-refractivity contribution in [2.45, 2.75) is 50.4 Å². The largest absolute Gasteiger partial charge is 0.459 e. The fourth-order valence-corrected chi connectivity index (χ4v) is 3.12. The average Bonchev–Trinajstić information content (AvgIpc) is 3.07. The maximum absolute atomic E-state index is 11.3. The molecule has 1 unspecified atom stereocenters. The van der Waals surface area contributed by atoms with E-state index in [-0.39, 0.29) is 18.6 Å². The molecule has 1 fully saturated rings. The zero-order valence-corrected chi connectivity index (χ0v) is 12.4. The summed E-state index contributed by atoms with van der Waals surface area (Å²) in [5.74, 6) is 0.391. The smallest absolute Gasteiger partial charge is 0.396 e. The zero-order chi connectivity index (χ0) is 14.4. The highest BCUT2D eigenvalue weighted by molar-refractivity contribution is 7.99. The Balaban J connectivity index is 1.74. The van der Waals surface area contributed by atoms with Gasteiger partial charge in [-0.25, -0.2) is 4.79 Å². The first-order valence-electron chi connectivity index (χ1n) is 7.00. The molecule has 1 aliphatic carbocycles. The van der Waals surface area contributed by atoms with Crippen LogP contribution in [-0.4, -0.2) is 39.7 Å². The molecule has 0 radical (unpaired) electrons. The molecule has 112 valence electrons. The monoisotopic (exact) mass is 300 g/mol. The summed E-state index contributed by atoms with van der Waals surface area (Å²) in [5, 5.41) is 17.6. The van der Waals surface area contributed by atoms with Crippen molar-refractivity contribution >= 4 is 17.7 Å². The molecule has 0 aliphatic heterocycles. The topological polar surface area (TPSA) is 85.5 Å². The molecule has 0 aromatic carbocycles. The molecular weight excluding hydrogens is 280 g/mol. The highest BCUT2D eigenvalue weighted by Crippen LogP contribution is 2.29. The second-order valence-corrected chi connectivity index (χ2v) is 5.92. The van der Waals surface area contributed by atoms with Crippen molar-refractivity contribution in [2.75, 3.05) is 12.4 Å². The molecule has 1 saturated carbocycles. The molecule has 0 bridgehead atoms. The molecule has 1 aromatic heterocycles. The number of ether oxygens (including phenoxy) is 1. The fraction of sp³-hybridized carbons (Fsp3) is 0.769. The minimum atomic E-state index is -0.613. The maximum Gasteiger partial charge on any atom is 0.396 e. The quantitative estimate of drug-likeness (QED) is 0.610. The van der Waals surface area contributed by atoms with Crippen LogP contribution in [0.15, 0.2) is 9.64 Å². The van der Waals surface area contributed by atoms with Gasteiger partial charge >= 0.3 is 11.9 Å². The Morgan fingerprint density at radius 3 is 2.95 bits per heavy atom. The minimum Gasteiger partial charge on any atom is -0.459 e. The molecule has 6 nitrogen and oxygen atoms in total. The third-order valence-electron chi connectivity index (χ3n) is 3.34. The first kappa shape index (κ1) is 15.3. The lowest BCUT2D eigenvalue weighted by molar-refractivity contribution is 0.0475. The molecule has 0 amide bonds. The number of aliphatic hydroxyl groups excluding tert-OH is 1. The van der Waals surface area contributed by atoms with Crippen LogP contribution in [0.5, 0.6) is 0 Å². The Morgan fingerprint density at radius 2 is 2.25 bits per heavy atom. The molecular formula is C13H20N2O4S. The predicted molar refractivity (Wildman–Crippen MR) is 73.6 cm³/mol. The second kappa shape index (κ2) is 7.64. The van der Waals surface area contributed by atoms with E-state index in [1.807, 2.05) is 0 Å². The number of esters is 1. The van der Waals surface area contributed by atoms with E-state index >= 15 is 0 Å². The summed E-state index contributed by atoms with van der Waals surface area (Å²) in [6.07, 6.45) is 5.44. The molecule has 1 heterocycles. The number of carbonyl (C=O) groups excluding carboxylic acids is 1. The van der Waals surface area contributed by atoms with Crippen LogP contribution in [-0.2, 0) is 4.74 Å². The highest BCUT2D eigenvalue weighted by atomic mass is 32.2. The van der Waals surface area contributed by atoms with Gasteiger partial charge in [0.1, 0.15) is 0 Å². The van der Waals surface area contributed by atoms with E-state index in [1.165, 1.54) is 37.4 Å². The SMILES string of the molecule is CCOC(=O)c1nnc(SCC(O)CC2CCCC2)o1. The van der Waals surface area contributed by atoms with Crippen LogP contribution < -0.4 is 0 Å². The number of aromatic nitrogens is 2. The third kappa shape index (κ3) is 4.49. The molecule has 0 saturated heterocycles. The van der Waals surface area contributed by atoms with E-state index in [4.69, 9.17) is 9.15 Å². The maximum atomic E-state index is 11.3. The summed E-state index contributed by atoms with van der Waals surface area (Å²) in [4.78, 5) is 11.3. The first-order chi connectivity index (χ1) is 9.69. The summed E-state index contributed by atoms with van der Waals surface area (Å²) in [6, 6.07) is 0. The van der Waals surface area contributed by atoms with E-state index in [9.17, 15) is 9.90 Å². The summed E-state index contributed by atoms with van der Waals surface area (Å²) in [5.41, 5.74) is 0. The Morgan fingerprint density at radius 1 is 1.50 bits per heavy atom. The molecule has 20 heavy (non-hydrogen) atoms. The van der Waals surface area contributed by atoms with Crippen molar-refractivity contribution < 1.29 is 19.1 Å². The lowest BCUT2D eigenvalue weighted by Crippen LogP contribution is -2.14. The lowest BCUT2D eigenvalue weighted by Gasteiger charge is -2.13. The van der Waals surface area contributed by atoms with Crippen LogP contribution in [0.2, 0.25) is 0 Å². The van der Waals surface area contributed by atoms with Crippen molar-refractivity contribution in [3.05, 3.63) is 5.89 Å². The van der Waals surface area contributed by atoms with Gasteiger partial charge in [-0.2, -0.15) is 0 Å². The zero-order valence-electron chi connectivity index (χ0n) is 11.6. The van der Waals surface area contributed by atoms with Crippen molar-refractivity contribution in [3.8, 4) is 0 Å². The summed E-state index contributed by atoms with van der Waals surface area (Å²) in [7, 11) is 0. The van der Waals surface area contributed by atoms with Gasteiger partial charge in [0.25, 0.3) is 5.22 Å². The van der Waals surface area contributed by atoms with Crippen molar-refractivity contribution in [1.82, 2.24) is 10.2 Å². The van der Waals surface area contributed by atoms with Gasteiger partial charge in [0.2, 0.25) is 0 Å². The van der Waals surface area contributed by atoms with E-state index < -0.39 is 5.97 Å². The van der Waals surface area contributed by atoms with Gasteiger partial charge in [0.15, 0.2) is 0 Å². The standard InChI is InChI=1S/C13H20N2O4S/c1-2-18-12(17)11-14-15-13(19-11)20-8-10(16)7-9-5-3-4-6-9/h9-10,16H,2-8H2,1H3. The normalized spacial score (nSPS) is 17.3. The Labute approximate surface area is 122 Å². The van der Waals surface area contributed by atoms with Crippen molar-refractivity contribution in [2.24, 2.45) is 5.92 Å². The molecule has 2 rings (SSSR count). The molecule has 1 atom stereocenters. The Bertz CT molecular complexity index is 432. The van der Waals surface area contributed by atoms with Gasteiger partial charge in [-0.15, -0.1) is 5.10 Å². The molecule has 1 aromatic rings. The molecule has 1 aliphatic rings. The van der Waals surface area contributed by atoms with E-state index in [0.29, 0.717) is 16.9 Å². The van der Waals surface area contributed by atoms with Crippen LogP contribution in [0, 0.1) is 5.92 Å². The number of nitrogens with zero attached hydrogens (tertiary/aromatic N) is 2. The third-order valence-corrected chi connectivity index (χ3v) is 4.30. The number of hydrogen-bond donors (Lipinski definition) is 1. The van der Waals surface area contributed by atoms with E-state index in [2.05, 4.69) is 10.2 Å². The van der Waals surface area contributed by atoms with Crippen LogP contribution in [0.25, 0.3) is 0 Å². The van der Waals surface area contributed by atoms with Crippen LogP contribution in [0.4, 0.5) is 0 Å². The van der Waals surface area contributed by atoms with Crippen molar-refractivity contribution in [1.29, 1.82) is 0 Å². The van der Waals surface area contributed by atoms with E-state index in [1.54, 1.807) is 6.92 Å². The van der Waals surface area contributed by atoms with Gasteiger partial charge in [-0.1, -0.05) is 42.5 Å². The van der Waals surface area contributed by atoms with Gasteiger partial charge in [-0.05, 0) is 19.3 Å². The summed E-state index contributed by atoms with van der Waals surface area (Å²) >= 11 is 1.27. The Kier molecular flexibility index (Phi) is 5.85. The van der Waals surface area contributed by atoms with E-state index in [0.717, 1.165) is 6.42 Å². The minimum absolute atomic E-state index is 0.139. The Hall–Kier alpha value is -1.08. The van der Waals surface area contributed by atoms with Gasteiger partial charge < -0.3 is 14.3 Å². The van der Waals surface area contributed by atoms with Crippen LogP contribution in [0.1, 0.15) is 49.7 Å². The van der Waals surface area contributed by atoms with Gasteiger partial charge in [0.05, 0.1) is 12.7 Å².